The average Bonchev–Trinajstić information content (AvgIpc) is 2.26. The van der Waals surface area contributed by atoms with E-state index in [9.17, 15) is 9.18 Å². The van der Waals surface area contributed by atoms with Crippen molar-refractivity contribution >= 4 is 5.91 Å². The summed E-state index contributed by atoms with van der Waals surface area (Å²) in [5.41, 5.74) is 9.05. The van der Waals surface area contributed by atoms with E-state index >= 15 is 0 Å². The normalized spacial score (nSPS) is 15.1. The number of amides is 1. The van der Waals surface area contributed by atoms with Crippen molar-refractivity contribution in [3.63, 3.8) is 0 Å². The Morgan fingerprint density at radius 2 is 2.29 bits per heavy atom. The molecule has 0 saturated carbocycles. The third-order valence-electron chi connectivity index (χ3n) is 2.78. The molecule has 17 heavy (non-hydrogen) atoms. The fourth-order valence-electron chi connectivity index (χ4n) is 1.68. The summed E-state index contributed by atoms with van der Waals surface area (Å²) in [6, 6.07) is 4.26. The van der Waals surface area contributed by atoms with Crippen LogP contribution in [0.1, 0.15) is 15.9 Å². The minimum Gasteiger partial charge on any atom is -0.338 e. The molecule has 0 N–H and O–H groups in total. The summed E-state index contributed by atoms with van der Waals surface area (Å²) in [7, 11) is 0. The molecular weight excluding hydrogens is 223 g/mol. The molecule has 6 heteroatoms. The highest BCUT2D eigenvalue weighted by atomic mass is 19.1. The lowest BCUT2D eigenvalue weighted by atomic mass is 10.1. The Kier molecular flexibility index (Phi) is 2.97. The summed E-state index contributed by atoms with van der Waals surface area (Å²) < 4.78 is 13.3. The highest BCUT2D eigenvalue weighted by Gasteiger charge is 2.30. The first-order valence-electron chi connectivity index (χ1n) is 5.21. The molecule has 1 aromatic carbocycles. The molecule has 1 saturated heterocycles. The van der Waals surface area contributed by atoms with E-state index < -0.39 is 0 Å². The van der Waals surface area contributed by atoms with Crippen LogP contribution in [0.5, 0.6) is 0 Å². The molecule has 0 bridgehead atoms. The van der Waals surface area contributed by atoms with Gasteiger partial charge < -0.3 is 4.90 Å². The Balaban J connectivity index is 2.06. The highest BCUT2D eigenvalue weighted by molar-refractivity contribution is 5.94. The zero-order valence-corrected chi connectivity index (χ0v) is 9.30. The van der Waals surface area contributed by atoms with E-state index in [1.807, 2.05) is 0 Å². The zero-order chi connectivity index (χ0) is 12.4. The first-order chi connectivity index (χ1) is 8.11. The fourth-order valence-corrected chi connectivity index (χ4v) is 1.68. The van der Waals surface area contributed by atoms with Gasteiger partial charge in [0.1, 0.15) is 5.82 Å². The summed E-state index contributed by atoms with van der Waals surface area (Å²) in [4.78, 5) is 16.1. The molecule has 1 heterocycles. The molecule has 1 amide bonds. The maximum absolute atomic E-state index is 13.3. The van der Waals surface area contributed by atoms with Gasteiger partial charge in [-0.25, -0.2) is 4.39 Å². The van der Waals surface area contributed by atoms with Gasteiger partial charge in [-0.3, -0.25) is 4.79 Å². The molecule has 0 aromatic heterocycles. The number of halogens is 1. The lowest BCUT2D eigenvalue weighted by molar-refractivity contribution is 0.0608. The van der Waals surface area contributed by atoms with Gasteiger partial charge in [0.2, 0.25) is 0 Å². The zero-order valence-electron chi connectivity index (χ0n) is 9.30. The first-order valence-corrected chi connectivity index (χ1v) is 5.21. The lowest BCUT2D eigenvalue weighted by Crippen LogP contribution is -2.52. The Hall–Kier alpha value is -2.07. The Bertz CT molecular complexity index is 504. The lowest BCUT2D eigenvalue weighted by Gasteiger charge is -2.36. The second-order valence-electron chi connectivity index (χ2n) is 4.03. The smallest absolute Gasteiger partial charge is 0.253 e. The van der Waals surface area contributed by atoms with Gasteiger partial charge in [-0.2, -0.15) is 0 Å². The molecule has 1 fully saturated rings. The number of likely N-dealkylation sites (tertiary alicyclic amines) is 1. The van der Waals surface area contributed by atoms with Gasteiger partial charge in [-0.1, -0.05) is 11.2 Å². The van der Waals surface area contributed by atoms with Crippen LogP contribution in [0.3, 0.4) is 0 Å². The second-order valence-corrected chi connectivity index (χ2v) is 4.03. The van der Waals surface area contributed by atoms with Gasteiger partial charge in [0.25, 0.3) is 5.91 Å². The molecule has 1 aliphatic rings. The van der Waals surface area contributed by atoms with Crippen molar-refractivity contribution in [3.05, 3.63) is 45.6 Å². The van der Waals surface area contributed by atoms with Crippen LogP contribution in [0.25, 0.3) is 10.4 Å². The van der Waals surface area contributed by atoms with Crippen molar-refractivity contribution in [2.24, 2.45) is 5.11 Å². The molecule has 1 aromatic rings. The van der Waals surface area contributed by atoms with Crippen LogP contribution in [0.15, 0.2) is 23.3 Å². The topological polar surface area (TPSA) is 69.1 Å². The van der Waals surface area contributed by atoms with Gasteiger partial charge in [-0.15, -0.1) is 0 Å². The monoisotopic (exact) mass is 234 g/mol. The number of carbonyl (C=O) groups excluding carboxylic acids is 1. The minimum absolute atomic E-state index is 0.153. The summed E-state index contributed by atoms with van der Waals surface area (Å²) >= 11 is 0. The second kappa shape index (κ2) is 4.43. The maximum atomic E-state index is 13.3. The number of rotatable bonds is 2. The summed E-state index contributed by atoms with van der Waals surface area (Å²) in [6.45, 7) is 2.45. The van der Waals surface area contributed by atoms with Gasteiger partial charge >= 0.3 is 0 Å². The molecule has 88 valence electrons. The Morgan fingerprint density at radius 3 is 2.88 bits per heavy atom. The molecule has 0 atom stereocenters. The van der Waals surface area contributed by atoms with Crippen molar-refractivity contribution in [2.45, 2.75) is 13.0 Å². The van der Waals surface area contributed by atoms with E-state index in [-0.39, 0.29) is 17.8 Å². The van der Waals surface area contributed by atoms with E-state index in [2.05, 4.69) is 10.0 Å². The number of benzene rings is 1. The number of hydrogen-bond donors (Lipinski definition) is 0. The highest BCUT2D eigenvalue weighted by Crippen LogP contribution is 2.17. The van der Waals surface area contributed by atoms with E-state index in [0.29, 0.717) is 24.2 Å². The van der Waals surface area contributed by atoms with E-state index in [0.717, 1.165) is 0 Å². The molecule has 0 radical (unpaired) electrons. The number of hydrogen-bond acceptors (Lipinski definition) is 2. The van der Waals surface area contributed by atoms with E-state index in [1.165, 1.54) is 11.0 Å². The van der Waals surface area contributed by atoms with Gasteiger partial charge in [0.05, 0.1) is 6.04 Å². The third kappa shape index (κ3) is 2.21. The predicted molar refractivity (Wildman–Crippen MR) is 60.0 cm³/mol. The fraction of sp³-hybridized carbons (Fsp3) is 0.364. The molecule has 5 nitrogen and oxygen atoms in total. The quantitative estimate of drug-likeness (QED) is 0.439. The molecule has 1 aliphatic heterocycles. The van der Waals surface area contributed by atoms with Gasteiger partial charge in [-0.05, 0) is 30.2 Å². The standard InChI is InChI=1S/C11H11FN4O/c1-7-2-3-8(4-10(7)12)11(17)16-5-9(6-16)14-15-13/h2-4,9H,5-6H2,1H3. The molecule has 0 aliphatic carbocycles. The number of nitrogens with zero attached hydrogens (tertiary/aromatic N) is 4. The number of carbonyl (C=O) groups is 1. The molecule has 2 rings (SSSR count). The maximum Gasteiger partial charge on any atom is 0.253 e. The van der Waals surface area contributed by atoms with Crippen LogP contribution in [0, 0.1) is 12.7 Å². The van der Waals surface area contributed by atoms with Crippen LogP contribution in [-0.4, -0.2) is 29.9 Å². The summed E-state index contributed by atoms with van der Waals surface area (Å²) in [6.07, 6.45) is 0. The van der Waals surface area contributed by atoms with Crippen LogP contribution in [0.2, 0.25) is 0 Å². The first kappa shape index (κ1) is 11.4. The largest absolute Gasteiger partial charge is 0.338 e. The molecular formula is C11H11FN4O. The Labute approximate surface area is 97.5 Å². The Morgan fingerprint density at radius 1 is 1.59 bits per heavy atom. The van der Waals surface area contributed by atoms with Crippen molar-refractivity contribution < 1.29 is 9.18 Å². The van der Waals surface area contributed by atoms with Crippen LogP contribution in [-0.2, 0) is 0 Å². The number of azide groups is 1. The van der Waals surface area contributed by atoms with Crippen LogP contribution < -0.4 is 0 Å². The predicted octanol–water partition coefficient (Wildman–Crippen LogP) is 2.27. The van der Waals surface area contributed by atoms with Gasteiger partial charge in [0.15, 0.2) is 0 Å². The molecule has 0 unspecified atom stereocenters. The van der Waals surface area contributed by atoms with E-state index in [1.54, 1.807) is 19.1 Å². The number of aryl methyl sites for hydroxylation is 1. The summed E-state index contributed by atoms with van der Waals surface area (Å²) in [5.74, 6) is -0.615. The van der Waals surface area contributed by atoms with Crippen molar-refractivity contribution in [2.75, 3.05) is 13.1 Å². The van der Waals surface area contributed by atoms with Crippen molar-refractivity contribution in [1.82, 2.24) is 4.90 Å². The minimum atomic E-state index is -0.386. The van der Waals surface area contributed by atoms with Crippen LogP contribution >= 0.6 is 0 Å². The summed E-state index contributed by atoms with van der Waals surface area (Å²) in [5, 5.41) is 3.50. The van der Waals surface area contributed by atoms with Gasteiger partial charge in [0, 0.05) is 23.6 Å². The third-order valence-corrected chi connectivity index (χ3v) is 2.78. The average molecular weight is 234 g/mol. The van der Waals surface area contributed by atoms with Crippen LogP contribution in [0.4, 0.5) is 4.39 Å². The SMILES string of the molecule is Cc1ccc(C(=O)N2CC(N=[N+]=[N-])C2)cc1F. The molecule has 0 spiro atoms. The van der Waals surface area contributed by atoms with Crippen molar-refractivity contribution in [1.29, 1.82) is 0 Å². The van der Waals surface area contributed by atoms with E-state index in [4.69, 9.17) is 5.53 Å². The van der Waals surface area contributed by atoms with Crippen molar-refractivity contribution in [3.8, 4) is 0 Å².